The molecule has 0 heterocycles. The van der Waals surface area contributed by atoms with Gasteiger partial charge in [0.05, 0.1) is 11.7 Å². The van der Waals surface area contributed by atoms with Gasteiger partial charge in [-0.1, -0.05) is 18.6 Å². The Bertz CT molecular complexity index is 439. The maximum absolute atomic E-state index is 12.2. The molecule has 20 heavy (non-hydrogen) atoms. The van der Waals surface area contributed by atoms with Crippen LogP contribution >= 0.6 is 0 Å². The molecule has 0 radical (unpaired) electrons. The lowest BCUT2D eigenvalue weighted by Gasteiger charge is -2.40. The largest absolute Gasteiger partial charge is 0.372 e. The minimum absolute atomic E-state index is 0.0672. The molecular formula is C18H28O2. The Morgan fingerprint density at radius 2 is 2.10 bits per heavy atom. The summed E-state index contributed by atoms with van der Waals surface area (Å²) in [6.07, 6.45) is 7.61. The van der Waals surface area contributed by atoms with Crippen molar-refractivity contribution in [1.29, 1.82) is 0 Å². The van der Waals surface area contributed by atoms with Crippen LogP contribution in [-0.4, -0.2) is 17.5 Å². The average Bonchev–Trinajstić information content (AvgIpc) is 2.65. The first-order valence-electron chi connectivity index (χ1n) is 7.82. The van der Waals surface area contributed by atoms with Crippen LogP contribution in [0.25, 0.3) is 0 Å². The fraction of sp³-hybridized carbons (Fsp3) is 0.722. The number of Topliss-reactive ketones (excluding diaryl/α,β-unsaturated/α-hetero) is 1. The molecule has 1 saturated carbocycles. The molecular weight excluding hydrogens is 248 g/mol. The standard InChI is InChI=1S/C18H28O2/c1-6-7-8-13-14-9-10-16(20-17(2,3)4)18(14,5)12-11-15(13)19/h6,16H,1,7-12H2,2-5H3. The van der Waals surface area contributed by atoms with Gasteiger partial charge in [0, 0.05) is 11.8 Å². The van der Waals surface area contributed by atoms with E-state index in [1.165, 1.54) is 5.57 Å². The third-order valence-electron chi connectivity index (χ3n) is 4.72. The molecule has 0 aromatic heterocycles. The van der Waals surface area contributed by atoms with Crippen molar-refractivity contribution in [3.05, 3.63) is 23.8 Å². The highest BCUT2D eigenvalue weighted by Crippen LogP contribution is 2.53. The van der Waals surface area contributed by atoms with Crippen molar-refractivity contribution in [1.82, 2.24) is 0 Å². The number of ketones is 1. The highest BCUT2D eigenvalue weighted by Gasteiger charge is 2.48. The normalized spacial score (nSPS) is 30.6. The molecule has 1 fully saturated rings. The molecule has 2 unspecified atom stereocenters. The van der Waals surface area contributed by atoms with E-state index in [4.69, 9.17) is 4.74 Å². The Labute approximate surface area is 123 Å². The molecule has 2 rings (SSSR count). The molecule has 2 atom stereocenters. The van der Waals surface area contributed by atoms with Crippen molar-refractivity contribution in [2.75, 3.05) is 0 Å². The van der Waals surface area contributed by atoms with Crippen LogP contribution in [0.1, 0.15) is 66.2 Å². The molecule has 0 amide bonds. The molecule has 2 heteroatoms. The van der Waals surface area contributed by atoms with E-state index in [0.717, 1.165) is 37.7 Å². The van der Waals surface area contributed by atoms with Gasteiger partial charge in [-0.25, -0.2) is 0 Å². The number of ether oxygens (including phenoxy) is 1. The van der Waals surface area contributed by atoms with Crippen molar-refractivity contribution in [2.45, 2.75) is 77.9 Å². The zero-order chi connectivity index (χ0) is 15.0. The molecule has 0 aromatic rings. The van der Waals surface area contributed by atoms with Gasteiger partial charge in [-0.05, 0) is 58.4 Å². The second-order valence-electron chi connectivity index (χ2n) is 7.38. The molecule has 0 aromatic carbocycles. The van der Waals surface area contributed by atoms with Crippen molar-refractivity contribution in [3.63, 3.8) is 0 Å². The predicted octanol–water partition coefficient (Wildman–Crippen LogP) is 4.60. The summed E-state index contributed by atoms with van der Waals surface area (Å²) in [5.74, 6) is 0.357. The van der Waals surface area contributed by atoms with E-state index < -0.39 is 0 Å². The lowest BCUT2D eigenvalue weighted by molar-refractivity contribution is -0.120. The Balaban J connectivity index is 2.30. The minimum Gasteiger partial charge on any atom is -0.372 e. The van der Waals surface area contributed by atoms with Crippen LogP contribution in [0.15, 0.2) is 23.8 Å². The lowest BCUT2D eigenvalue weighted by atomic mass is 9.70. The van der Waals surface area contributed by atoms with Gasteiger partial charge < -0.3 is 4.74 Å². The van der Waals surface area contributed by atoms with E-state index >= 15 is 0 Å². The van der Waals surface area contributed by atoms with Crippen LogP contribution in [0, 0.1) is 5.41 Å². The van der Waals surface area contributed by atoms with Gasteiger partial charge in [0.15, 0.2) is 5.78 Å². The monoisotopic (exact) mass is 276 g/mol. The summed E-state index contributed by atoms with van der Waals surface area (Å²) in [5.41, 5.74) is 2.41. The highest BCUT2D eigenvalue weighted by molar-refractivity contribution is 5.97. The summed E-state index contributed by atoms with van der Waals surface area (Å²) in [5, 5.41) is 0. The SMILES string of the molecule is C=CCCC1=C2CCC(OC(C)(C)C)C2(C)CCC1=O. The Hall–Kier alpha value is -0.890. The molecule has 0 aliphatic heterocycles. The van der Waals surface area contributed by atoms with E-state index in [9.17, 15) is 4.79 Å². The van der Waals surface area contributed by atoms with Gasteiger partial charge in [-0.2, -0.15) is 0 Å². The van der Waals surface area contributed by atoms with Crippen LogP contribution in [0.2, 0.25) is 0 Å². The summed E-state index contributed by atoms with van der Waals surface area (Å²) < 4.78 is 6.29. The number of fused-ring (bicyclic) bond motifs is 1. The van der Waals surface area contributed by atoms with Crippen molar-refractivity contribution in [2.24, 2.45) is 5.41 Å². The summed E-state index contributed by atoms with van der Waals surface area (Å²) in [6.45, 7) is 12.4. The van der Waals surface area contributed by atoms with Gasteiger partial charge in [-0.3, -0.25) is 4.79 Å². The van der Waals surface area contributed by atoms with Crippen LogP contribution in [0.4, 0.5) is 0 Å². The molecule has 2 aliphatic rings. The topological polar surface area (TPSA) is 26.3 Å². The molecule has 0 saturated heterocycles. The van der Waals surface area contributed by atoms with Crippen LogP contribution in [-0.2, 0) is 9.53 Å². The molecule has 2 aliphatic carbocycles. The van der Waals surface area contributed by atoms with E-state index in [0.29, 0.717) is 12.2 Å². The number of carbonyl (C=O) groups excluding carboxylic acids is 1. The average molecular weight is 276 g/mol. The minimum atomic E-state index is -0.119. The number of rotatable bonds is 4. The Morgan fingerprint density at radius 3 is 2.70 bits per heavy atom. The summed E-state index contributed by atoms with van der Waals surface area (Å²) in [4.78, 5) is 12.2. The molecule has 0 N–H and O–H groups in total. The van der Waals surface area contributed by atoms with Crippen molar-refractivity contribution in [3.8, 4) is 0 Å². The predicted molar refractivity (Wildman–Crippen MR) is 82.7 cm³/mol. The van der Waals surface area contributed by atoms with Gasteiger partial charge in [-0.15, -0.1) is 6.58 Å². The van der Waals surface area contributed by atoms with Crippen LogP contribution in [0.3, 0.4) is 0 Å². The number of allylic oxidation sites excluding steroid dienone is 2. The van der Waals surface area contributed by atoms with Gasteiger partial charge in [0.1, 0.15) is 0 Å². The number of carbonyl (C=O) groups is 1. The smallest absolute Gasteiger partial charge is 0.158 e. The fourth-order valence-electron chi connectivity index (χ4n) is 3.73. The first-order valence-corrected chi connectivity index (χ1v) is 7.82. The molecule has 2 nitrogen and oxygen atoms in total. The van der Waals surface area contributed by atoms with E-state index in [-0.39, 0.29) is 17.1 Å². The number of hydrogen-bond donors (Lipinski definition) is 0. The summed E-state index contributed by atoms with van der Waals surface area (Å²) in [7, 11) is 0. The third-order valence-corrected chi connectivity index (χ3v) is 4.72. The first-order chi connectivity index (χ1) is 9.28. The highest BCUT2D eigenvalue weighted by atomic mass is 16.5. The van der Waals surface area contributed by atoms with Gasteiger partial charge in [0.25, 0.3) is 0 Å². The quantitative estimate of drug-likeness (QED) is 0.702. The van der Waals surface area contributed by atoms with Gasteiger partial charge >= 0.3 is 0 Å². The maximum Gasteiger partial charge on any atom is 0.158 e. The second kappa shape index (κ2) is 5.48. The second-order valence-corrected chi connectivity index (χ2v) is 7.38. The molecule has 0 spiro atoms. The molecule has 0 bridgehead atoms. The third kappa shape index (κ3) is 2.90. The summed E-state index contributed by atoms with van der Waals surface area (Å²) in [6, 6.07) is 0. The van der Waals surface area contributed by atoms with E-state index in [1.54, 1.807) is 0 Å². The van der Waals surface area contributed by atoms with Crippen molar-refractivity contribution < 1.29 is 9.53 Å². The van der Waals surface area contributed by atoms with Crippen molar-refractivity contribution >= 4 is 5.78 Å². The summed E-state index contributed by atoms with van der Waals surface area (Å²) >= 11 is 0. The lowest BCUT2D eigenvalue weighted by Crippen LogP contribution is -2.39. The van der Waals surface area contributed by atoms with E-state index in [1.807, 2.05) is 6.08 Å². The Kier molecular flexibility index (Phi) is 4.24. The first kappa shape index (κ1) is 15.5. The van der Waals surface area contributed by atoms with Gasteiger partial charge in [0.2, 0.25) is 0 Å². The maximum atomic E-state index is 12.2. The Morgan fingerprint density at radius 1 is 1.40 bits per heavy atom. The van der Waals surface area contributed by atoms with Crippen LogP contribution < -0.4 is 0 Å². The zero-order valence-electron chi connectivity index (χ0n) is 13.4. The van der Waals surface area contributed by atoms with E-state index in [2.05, 4.69) is 34.3 Å². The molecule has 112 valence electrons. The zero-order valence-corrected chi connectivity index (χ0v) is 13.4. The fourth-order valence-corrected chi connectivity index (χ4v) is 3.73. The van der Waals surface area contributed by atoms with Crippen LogP contribution in [0.5, 0.6) is 0 Å². The number of hydrogen-bond acceptors (Lipinski definition) is 2.